The van der Waals surface area contributed by atoms with Gasteiger partial charge in [-0.05, 0) is 37.0 Å². The van der Waals surface area contributed by atoms with E-state index in [1.54, 1.807) is 6.20 Å². The summed E-state index contributed by atoms with van der Waals surface area (Å²) in [5, 5.41) is 1.08. The zero-order chi connectivity index (χ0) is 31.0. The van der Waals surface area contributed by atoms with Crippen molar-refractivity contribution in [3.05, 3.63) is 115 Å². The predicted molar refractivity (Wildman–Crippen MR) is 182 cm³/mol. The van der Waals surface area contributed by atoms with Gasteiger partial charge in [0.05, 0.1) is 11.2 Å². The number of pyridine rings is 1. The minimum atomic E-state index is 0.262. The highest BCUT2D eigenvalue weighted by Gasteiger charge is 2.39. The number of carbonyl (C=O) groups is 1. The van der Waals surface area contributed by atoms with Crippen LogP contribution in [0.1, 0.15) is 36.6 Å². The van der Waals surface area contributed by atoms with Crippen molar-refractivity contribution in [3.8, 4) is 22.5 Å². The summed E-state index contributed by atoms with van der Waals surface area (Å²) in [4.78, 5) is 32.1. The van der Waals surface area contributed by atoms with Gasteiger partial charge in [-0.15, -0.1) is 0 Å². The fraction of sp³-hybridized carbons (Fsp3) is 0.263. The number of nitrogen functional groups attached to an aromatic ring is 1. The van der Waals surface area contributed by atoms with Crippen LogP contribution in [0.15, 0.2) is 103 Å². The lowest BCUT2D eigenvalue weighted by molar-refractivity contribution is -0.133. The number of imidazole rings is 1. The number of anilines is 1. The highest BCUT2D eigenvalue weighted by atomic mass is 16.2. The van der Waals surface area contributed by atoms with Gasteiger partial charge >= 0.3 is 0 Å². The summed E-state index contributed by atoms with van der Waals surface area (Å²) in [7, 11) is 0. The number of amides is 1. The lowest BCUT2D eigenvalue weighted by atomic mass is 9.78. The monoisotopic (exact) mass is 607 g/mol. The van der Waals surface area contributed by atoms with Gasteiger partial charge in [0.25, 0.3) is 0 Å². The number of nitrogens with zero attached hydrogens (tertiary/aromatic N) is 6. The molecule has 8 nitrogen and oxygen atoms in total. The van der Waals surface area contributed by atoms with E-state index in [1.165, 1.54) is 5.56 Å². The third-order valence-corrected chi connectivity index (χ3v) is 9.78. The van der Waals surface area contributed by atoms with Gasteiger partial charge in [-0.2, -0.15) is 0 Å². The van der Waals surface area contributed by atoms with Crippen LogP contribution in [0.4, 0.5) is 5.82 Å². The SMILES string of the molecule is Nc1nccn2c1c(-c1ccc3ccc(-c4ccccc4)nc3c1)nc2[C@H]1C[C@@H](N2CCN(C(=O)CCc3ccccc3)CC2)C1. The maximum Gasteiger partial charge on any atom is 0.222 e. The van der Waals surface area contributed by atoms with Crippen LogP contribution in [-0.4, -0.2) is 67.3 Å². The Morgan fingerprint density at radius 3 is 2.35 bits per heavy atom. The Balaban J connectivity index is 0.972. The molecule has 2 N–H and O–H groups in total. The van der Waals surface area contributed by atoms with Crippen LogP contribution in [0.25, 0.3) is 38.9 Å². The van der Waals surface area contributed by atoms with Gasteiger partial charge in [-0.3, -0.25) is 14.1 Å². The van der Waals surface area contributed by atoms with E-state index in [9.17, 15) is 4.79 Å². The van der Waals surface area contributed by atoms with Gasteiger partial charge in [0.15, 0.2) is 0 Å². The molecule has 0 bridgehead atoms. The summed E-state index contributed by atoms with van der Waals surface area (Å²) in [6, 6.07) is 31.5. The third-order valence-electron chi connectivity index (χ3n) is 9.78. The molecule has 3 aromatic heterocycles. The van der Waals surface area contributed by atoms with E-state index >= 15 is 0 Å². The van der Waals surface area contributed by atoms with Crippen LogP contribution in [-0.2, 0) is 11.2 Å². The Kier molecular flexibility index (Phi) is 7.42. The number of carbonyl (C=O) groups excluding carboxylic acids is 1. The van der Waals surface area contributed by atoms with Gasteiger partial charge in [0.2, 0.25) is 5.91 Å². The van der Waals surface area contributed by atoms with Crippen molar-refractivity contribution in [2.75, 3.05) is 31.9 Å². The number of hydrogen-bond acceptors (Lipinski definition) is 6. The van der Waals surface area contributed by atoms with Crippen LogP contribution in [0, 0.1) is 0 Å². The van der Waals surface area contributed by atoms with E-state index in [1.807, 2.05) is 47.5 Å². The van der Waals surface area contributed by atoms with Gasteiger partial charge in [-0.25, -0.2) is 15.0 Å². The molecule has 0 radical (unpaired) electrons. The van der Waals surface area contributed by atoms with E-state index in [2.05, 4.69) is 68.9 Å². The van der Waals surface area contributed by atoms with E-state index in [0.717, 1.165) is 90.2 Å². The van der Waals surface area contributed by atoms with Gasteiger partial charge < -0.3 is 10.6 Å². The molecule has 0 atom stereocenters. The Morgan fingerprint density at radius 2 is 1.57 bits per heavy atom. The lowest BCUT2D eigenvalue weighted by Crippen LogP contribution is -2.54. The Bertz CT molecular complexity index is 2010. The summed E-state index contributed by atoms with van der Waals surface area (Å²) in [6.45, 7) is 3.45. The largest absolute Gasteiger partial charge is 0.382 e. The summed E-state index contributed by atoms with van der Waals surface area (Å²) in [6.07, 6.45) is 7.21. The molecule has 0 unspecified atom stereocenters. The molecule has 0 spiro atoms. The highest BCUT2D eigenvalue weighted by Crippen LogP contribution is 2.42. The lowest BCUT2D eigenvalue weighted by Gasteiger charge is -2.46. The van der Waals surface area contributed by atoms with Crippen molar-refractivity contribution in [2.24, 2.45) is 0 Å². The molecule has 1 aliphatic heterocycles. The average molecular weight is 608 g/mol. The van der Waals surface area contributed by atoms with Gasteiger partial charge in [0.1, 0.15) is 22.9 Å². The Hall–Kier alpha value is -5.08. The number of piperazine rings is 1. The zero-order valence-corrected chi connectivity index (χ0v) is 25.8. The maximum atomic E-state index is 12.9. The molecular weight excluding hydrogens is 570 g/mol. The topological polar surface area (TPSA) is 92.6 Å². The molecule has 2 aliphatic rings. The van der Waals surface area contributed by atoms with Crippen LogP contribution >= 0.6 is 0 Å². The molecule has 2 fully saturated rings. The van der Waals surface area contributed by atoms with Crippen LogP contribution < -0.4 is 5.73 Å². The molecule has 1 aliphatic carbocycles. The maximum absolute atomic E-state index is 12.9. The third kappa shape index (κ3) is 5.39. The van der Waals surface area contributed by atoms with E-state index in [-0.39, 0.29) is 5.91 Å². The number of aryl methyl sites for hydroxylation is 1. The predicted octanol–water partition coefficient (Wildman–Crippen LogP) is 6.22. The van der Waals surface area contributed by atoms with Crippen LogP contribution in [0.5, 0.6) is 0 Å². The zero-order valence-electron chi connectivity index (χ0n) is 25.8. The molecule has 8 heteroatoms. The summed E-state index contributed by atoms with van der Waals surface area (Å²) in [5.74, 6) is 2.11. The number of hydrogen-bond donors (Lipinski definition) is 1. The number of aromatic nitrogens is 4. The summed E-state index contributed by atoms with van der Waals surface area (Å²) in [5.41, 5.74) is 13.3. The van der Waals surface area contributed by atoms with Gasteiger partial charge in [0, 0.05) is 73.5 Å². The smallest absolute Gasteiger partial charge is 0.222 e. The number of nitrogens with two attached hydrogens (primary N) is 1. The molecule has 6 aromatic rings. The molecule has 8 rings (SSSR count). The second kappa shape index (κ2) is 12.0. The van der Waals surface area contributed by atoms with Crippen molar-refractivity contribution in [1.29, 1.82) is 0 Å². The summed E-state index contributed by atoms with van der Waals surface area (Å²) < 4.78 is 2.14. The van der Waals surface area contributed by atoms with Crippen LogP contribution in [0.3, 0.4) is 0 Å². The summed E-state index contributed by atoms with van der Waals surface area (Å²) >= 11 is 0. The number of fused-ring (bicyclic) bond motifs is 2. The van der Waals surface area contributed by atoms with Crippen molar-refractivity contribution in [1.82, 2.24) is 29.2 Å². The molecule has 1 amide bonds. The van der Waals surface area contributed by atoms with Crippen molar-refractivity contribution in [2.45, 2.75) is 37.6 Å². The molecular formula is C38H37N7O. The molecule has 230 valence electrons. The van der Waals surface area contributed by atoms with Crippen molar-refractivity contribution < 1.29 is 4.79 Å². The highest BCUT2D eigenvalue weighted by molar-refractivity contribution is 5.91. The Labute approximate surface area is 268 Å². The van der Waals surface area contributed by atoms with E-state index in [0.29, 0.717) is 24.2 Å². The normalized spacial score (nSPS) is 18.6. The first-order valence-electron chi connectivity index (χ1n) is 16.3. The first-order chi connectivity index (χ1) is 22.6. The number of rotatable bonds is 7. The molecule has 3 aromatic carbocycles. The fourth-order valence-corrected chi connectivity index (χ4v) is 7.10. The number of benzene rings is 3. The molecule has 46 heavy (non-hydrogen) atoms. The van der Waals surface area contributed by atoms with Crippen LogP contribution in [0.2, 0.25) is 0 Å². The van der Waals surface area contributed by atoms with E-state index in [4.69, 9.17) is 15.7 Å². The average Bonchev–Trinajstić information content (AvgIpc) is 3.47. The standard InChI is InChI=1S/C38H37N7O/c39-37-36-35(29-13-12-28-14-15-32(41-33(28)25-29)27-9-5-2-6-10-27)42-38(45(36)18-17-40-37)30-23-31(24-30)43-19-21-44(22-20-43)34(46)16-11-26-7-3-1-4-8-26/h1-10,12-15,17-18,25,30-31H,11,16,19-24H2,(H2,39,40)/t30-,31+. The second-order valence-electron chi connectivity index (χ2n) is 12.5. The first kappa shape index (κ1) is 28.4. The van der Waals surface area contributed by atoms with Crippen molar-refractivity contribution >= 4 is 28.1 Å². The second-order valence-corrected chi connectivity index (χ2v) is 12.5. The van der Waals surface area contributed by atoms with Gasteiger partial charge in [-0.1, -0.05) is 78.9 Å². The Morgan fingerprint density at radius 1 is 0.826 bits per heavy atom. The minimum absolute atomic E-state index is 0.262. The van der Waals surface area contributed by atoms with E-state index < -0.39 is 0 Å². The molecule has 4 heterocycles. The van der Waals surface area contributed by atoms with Crippen molar-refractivity contribution in [3.63, 3.8) is 0 Å². The molecule has 1 saturated heterocycles. The molecule has 1 saturated carbocycles. The quantitative estimate of drug-likeness (QED) is 0.232. The minimum Gasteiger partial charge on any atom is -0.382 e. The fourth-order valence-electron chi connectivity index (χ4n) is 7.10. The first-order valence-corrected chi connectivity index (χ1v) is 16.3.